The van der Waals surface area contributed by atoms with Gasteiger partial charge < -0.3 is 0 Å². The van der Waals surface area contributed by atoms with E-state index in [4.69, 9.17) is 0 Å². The first-order valence-corrected chi connectivity index (χ1v) is 9.66. The molecule has 1 aliphatic carbocycles. The molecular weight excluding hydrogens is 338 g/mol. The van der Waals surface area contributed by atoms with E-state index >= 15 is 0 Å². The highest BCUT2D eigenvalue weighted by atomic mass is 79.9. The van der Waals surface area contributed by atoms with Crippen molar-refractivity contribution in [1.29, 1.82) is 0 Å². The zero-order chi connectivity index (χ0) is 14.6. The molecule has 0 unspecified atom stereocenters. The quantitative estimate of drug-likeness (QED) is 0.816. The fourth-order valence-corrected chi connectivity index (χ4v) is 4.42. The molecule has 0 atom stereocenters. The van der Waals surface area contributed by atoms with Gasteiger partial charge >= 0.3 is 0 Å². The molecule has 2 rings (SSSR count). The van der Waals surface area contributed by atoms with Gasteiger partial charge in [-0.25, -0.2) is 13.1 Å². The first-order chi connectivity index (χ1) is 9.51. The lowest BCUT2D eigenvalue weighted by molar-refractivity contribution is 0.422. The van der Waals surface area contributed by atoms with Crippen molar-refractivity contribution in [3.8, 4) is 0 Å². The van der Waals surface area contributed by atoms with Crippen molar-refractivity contribution >= 4 is 26.0 Å². The van der Waals surface area contributed by atoms with Gasteiger partial charge in [-0.3, -0.25) is 0 Å². The van der Waals surface area contributed by atoms with Crippen molar-refractivity contribution in [2.75, 3.05) is 0 Å². The Morgan fingerprint density at radius 2 is 1.75 bits per heavy atom. The Hall–Kier alpha value is -0.390. The maximum absolute atomic E-state index is 12.3. The molecule has 5 heteroatoms. The summed E-state index contributed by atoms with van der Waals surface area (Å²) in [5.74, 6) is 0. The molecule has 1 fully saturated rings. The number of halogens is 1. The summed E-state index contributed by atoms with van der Waals surface area (Å²) < 4.78 is 27.5. The van der Waals surface area contributed by atoms with Crippen LogP contribution >= 0.6 is 15.9 Å². The minimum absolute atomic E-state index is 0.0733. The summed E-state index contributed by atoms with van der Waals surface area (Å²) in [6.07, 6.45) is 5.93. The second kappa shape index (κ2) is 7.05. The Morgan fingerprint density at radius 1 is 1.15 bits per heavy atom. The van der Waals surface area contributed by atoms with Crippen LogP contribution in [0.5, 0.6) is 0 Å². The summed E-state index contributed by atoms with van der Waals surface area (Å²) in [5, 5.41) is 0. The van der Waals surface area contributed by atoms with Crippen molar-refractivity contribution in [2.24, 2.45) is 0 Å². The lowest BCUT2D eigenvalue weighted by atomic mass is 9.96. The second-order valence-corrected chi connectivity index (χ2v) is 8.47. The number of hydrogen-bond donors (Lipinski definition) is 1. The first-order valence-electron chi connectivity index (χ1n) is 7.26. The highest BCUT2D eigenvalue weighted by Crippen LogP contribution is 2.25. The molecule has 1 saturated carbocycles. The molecule has 0 spiro atoms. The van der Waals surface area contributed by atoms with Crippen LogP contribution in [-0.2, 0) is 16.4 Å². The van der Waals surface area contributed by atoms with E-state index in [0.717, 1.165) is 38.5 Å². The molecule has 0 aromatic heterocycles. The van der Waals surface area contributed by atoms with Crippen molar-refractivity contribution < 1.29 is 8.42 Å². The SMILES string of the molecule is CCCc1ccc(S(=O)(=O)NC2CCC(Br)CC2)cc1. The monoisotopic (exact) mass is 359 g/mol. The Balaban J connectivity index is 2.02. The number of alkyl halides is 1. The molecule has 0 amide bonds. The van der Waals surface area contributed by atoms with Crippen LogP contribution in [0.2, 0.25) is 0 Å². The Labute approximate surface area is 130 Å². The predicted octanol–water partition coefficient (Wildman–Crippen LogP) is 3.62. The van der Waals surface area contributed by atoms with Gasteiger partial charge in [0, 0.05) is 10.9 Å². The lowest BCUT2D eigenvalue weighted by Gasteiger charge is -2.25. The van der Waals surface area contributed by atoms with Crippen LogP contribution < -0.4 is 4.72 Å². The van der Waals surface area contributed by atoms with Crippen molar-refractivity contribution in [2.45, 2.75) is 61.2 Å². The normalized spacial score (nSPS) is 23.7. The maximum atomic E-state index is 12.3. The number of rotatable bonds is 5. The molecule has 0 radical (unpaired) electrons. The third-order valence-electron chi connectivity index (χ3n) is 3.75. The van der Waals surface area contributed by atoms with Gasteiger partial charge in [-0.2, -0.15) is 0 Å². The molecule has 112 valence electrons. The molecule has 20 heavy (non-hydrogen) atoms. The summed E-state index contributed by atoms with van der Waals surface area (Å²) in [6.45, 7) is 2.12. The standard InChI is InChI=1S/C15H22BrNO2S/c1-2-3-12-4-10-15(11-5-12)20(18,19)17-14-8-6-13(16)7-9-14/h4-5,10-11,13-14,17H,2-3,6-9H2,1H3. The van der Waals surface area contributed by atoms with Crippen LogP contribution in [0.4, 0.5) is 0 Å². The van der Waals surface area contributed by atoms with Gasteiger partial charge in [0.1, 0.15) is 0 Å². The van der Waals surface area contributed by atoms with Crippen LogP contribution in [0.1, 0.15) is 44.6 Å². The Bertz CT molecular complexity index is 519. The van der Waals surface area contributed by atoms with E-state index in [9.17, 15) is 8.42 Å². The smallest absolute Gasteiger partial charge is 0.208 e. The predicted molar refractivity (Wildman–Crippen MR) is 85.7 cm³/mol. The van der Waals surface area contributed by atoms with E-state index in [0.29, 0.717) is 9.72 Å². The van der Waals surface area contributed by atoms with Gasteiger partial charge in [-0.1, -0.05) is 41.4 Å². The molecule has 1 aromatic carbocycles. The number of hydrogen-bond acceptors (Lipinski definition) is 2. The van der Waals surface area contributed by atoms with Crippen LogP contribution in [0.3, 0.4) is 0 Å². The summed E-state index contributed by atoms with van der Waals surface area (Å²) in [7, 11) is -3.37. The van der Waals surface area contributed by atoms with E-state index in [2.05, 4.69) is 27.6 Å². The minimum atomic E-state index is -3.37. The van der Waals surface area contributed by atoms with E-state index in [1.54, 1.807) is 12.1 Å². The van der Waals surface area contributed by atoms with Crippen molar-refractivity contribution in [3.63, 3.8) is 0 Å². The van der Waals surface area contributed by atoms with Gasteiger partial charge in [0.2, 0.25) is 10.0 Å². The molecule has 1 N–H and O–H groups in total. The lowest BCUT2D eigenvalue weighted by Crippen LogP contribution is -2.37. The number of sulfonamides is 1. The van der Waals surface area contributed by atoms with Gasteiger partial charge in [-0.15, -0.1) is 0 Å². The van der Waals surface area contributed by atoms with Crippen molar-refractivity contribution in [1.82, 2.24) is 4.72 Å². The van der Waals surface area contributed by atoms with Crippen LogP contribution in [0.25, 0.3) is 0 Å². The zero-order valence-corrected chi connectivity index (χ0v) is 14.2. The van der Waals surface area contributed by atoms with Crippen LogP contribution in [-0.4, -0.2) is 19.3 Å². The minimum Gasteiger partial charge on any atom is -0.208 e. The highest BCUT2D eigenvalue weighted by molar-refractivity contribution is 9.09. The summed E-state index contributed by atoms with van der Waals surface area (Å²) in [5.41, 5.74) is 1.19. The van der Waals surface area contributed by atoms with E-state index in [-0.39, 0.29) is 6.04 Å². The van der Waals surface area contributed by atoms with E-state index in [1.165, 1.54) is 5.56 Å². The topological polar surface area (TPSA) is 46.2 Å². The van der Waals surface area contributed by atoms with Crippen molar-refractivity contribution in [3.05, 3.63) is 29.8 Å². The van der Waals surface area contributed by atoms with Gasteiger partial charge in [0.15, 0.2) is 0 Å². The summed E-state index contributed by atoms with van der Waals surface area (Å²) >= 11 is 3.59. The number of nitrogens with one attached hydrogen (secondary N) is 1. The average Bonchev–Trinajstić information content (AvgIpc) is 2.42. The molecule has 0 saturated heterocycles. The molecular formula is C15H22BrNO2S. The fourth-order valence-electron chi connectivity index (χ4n) is 2.58. The highest BCUT2D eigenvalue weighted by Gasteiger charge is 2.24. The third kappa shape index (κ3) is 4.30. The van der Waals surface area contributed by atoms with Crippen LogP contribution in [0.15, 0.2) is 29.2 Å². The third-order valence-corrected chi connectivity index (χ3v) is 6.20. The van der Waals surface area contributed by atoms with Gasteiger partial charge in [-0.05, 0) is 49.8 Å². The molecule has 0 bridgehead atoms. The average molecular weight is 360 g/mol. The first kappa shape index (κ1) is 16.0. The van der Waals surface area contributed by atoms with Gasteiger partial charge in [0.25, 0.3) is 0 Å². The summed E-state index contributed by atoms with van der Waals surface area (Å²) in [4.78, 5) is 0.912. The van der Waals surface area contributed by atoms with E-state index < -0.39 is 10.0 Å². The van der Waals surface area contributed by atoms with Gasteiger partial charge in [0.05, 0.1) is 4.90 Å². The molecule has 0 heterocycles. The number of aryl methyl sites for hydroxylation is 1. The Morgan fingerprint density at radius 3 is 2.30 bits per heavy atom. The molecule has 0 aliphatic heterocycles. The summed E-state index contributed by atoms with van der Waals surface area (Å²) in [6, 6.07) is 7.32. The zero-order valence-electron chi connectivity index (χ0n) is 11.8. The van der Waals surface area contributed by atoms with Crippen LogP contribution in [0, 0.1) is 0 Å². The molecule has 3 nitrogen and oxygen atoms in total. The number of benzene rings is 1. The molecule has 1 aromatic rings. The largest absolute Gasteiger partial charge is 0.240 e. The second-order valence-electron chi connectivity index (χ2n) is 5.46. The maximum Gasteiger partial charge on any atom is 0.240 e. The Kier molecular flexibility index (Phi) is 5.64. The van der Waals surface area contributed by atoms with E-state index in [1.807, 2.05) is 12.1 Å². The fraction of sp³-hybridized carbons (Fsp3) is 0.600. The molecule has 1 aliphatic rings.